The molecule has 20 heavy (non-hydrogen) atoms. The lowest BCUT2D eigenvalue weighted by atomic mass is 9.84. The van der Waals surface area contributed by atoms with E-state index in [1.807, 2.05) is 12.1 Å². The van der Waals surface area contributed by atoms with Crippen LogP contribution in [0.5, 0.6) is 0 Å². The van der Waals surface area contributed by atoms with Crippen LogP contribution in [0.25, 0.3) is 0 Å². The van der Waals surface area contributed by atoms with E-state index in [1.165, 1.54) is 18.9 Å². The molecule has 1 aromatic carbocycles. The first-order valence-corrected chi connectivity index (χ1v) is 8.21. The summed E-state index contributed by atoms with van der Waals surface area (Å²) in [7, 11) is 0. The third kappa shape index (κ3) is 3.23. The van der Waals surface area contributed by atoms with Crippen LogP contribution in [0.4, 0.5) is 4.39 Å². The number of hydrogen-bond acceptors (Lipinski definition) is 2. The molecule has 4 heteroatoms. The van der Waals surface area contributed by atoms with Crippen LogP contribution in [0.3, 0.4) is 0 Å². The van der Waals surface area contributed by atoms with E-state index < -0.39 is 0 Å². The number of hydrogen-bond donors (Lipinski definition) is 1. The van der Waals surface area contributed by atoms with Gasteiger partial charge in [-0.2, -0.15) is 0 Å². The zero-order valence-corrected chi connectivity index (χ0v) is 13.9. The second-order valence-electron chi connectivity index (χ2n) is 5.96. The molecule has 2 rings (SSSR count). The number of likely N-dealkylation sites (tertiary alicyclic amines) is 1. The van der Waals surface area contributed by atoms with Crippen molar-refractivity contribution < 1.29 is 4.39 Å². The van der Waals surface area contributed by atoms with E-state index in [2.05, 4.69) is 34.7 Å². The monoisotopic (exact) mass is 342 g/mol. The molecular weight excluding hydrogens is 319 g/mol. The van der Waals surface area contributed by atoms with Crippen molar-refractivity contribution in [1.82, 2.24) is 4.90 Å². The van der Waals surface area contributed by atoms with Crippen molar-refractivity contribution in [2.45, 2.75) is 51.1 Å². The van der Waals surface area contributed by atoms with Gasteiger partial charge in [-0.15, -0.1) is 0 Å². The normalized spacial score (nSPS) is 20.9. The molecule has 1 aromatic rings. The van der Waals surface area contributed by atoms with Crippen molar-refractivity contribution in [3.8, 4) is 0 Å². The second kappa shape index (κ2) is 6.54. The Bertz CT molecular complexity index is 460. The molecular formula is C16H24BrFN2. The largest absolute Gasteiger partial charge is 0.326 e. The van der Waals surface area contributed by atoms with Gasteiger partial charge in [0.2, 0.25) is 0 Å². The van der Waals surface area contributed by atoms with Gasteiger partial charge >= 0.3 is 0 Å². The second-order valence-corrected chi connectivity index (χ2v) is 6.82. The Morgan fingerprint density at radius 1 is 1.40 bits per heavy atom. The summed E-state index contributed by atoms with van der Waals surface area (Å²) >= 11 is 3.24. The van der Waals surface area contributed by atoms with E-state index in [4.69, 9.17) is 5.73 Å². The average Bonchev–Trinajstić information content (AvgIpc) is 2.96. The highest BCUT2D eigenvalue weighted by atomic mass is 79.9. The maximum atomic E-state index is 13.3. The first-order chi connectivity index (χ1) is 9.47. The van der Waals surface area contributed by atoms with Gasteiger partial charge in [0.15, 0.2) is 0 Å². The number of rotatable bonds is 5. The highest BCUT2D eigenvalue weighted by Crippen LogP contribution is 2.29. The van der Waals surface area contributed by atoms with Gasteiger partial charge < -0.3 is 5.73 Å². The first kappa shape index (κ1) is 15.9. The Kier molecular flexibility index (Phi) is 5.21. The number of halogens is 2. The predicted octanol–water partition coefficient (Wildman–Crippen LogP) is 3.72. The van der Waals surface area contributed by atoms with Crippen LogP contribution in [0, 0.1) is 5.82 Å². The summed E-state index contributed by atoms with van der Waals surface area (Å²) in [5.41, 5.74) is 7.62. The zero-order chi connectivity index (χ0) is 14.8. The van der Waals surface area contributed by atoms with Crippen molar-refractivity contribution >= 4 is 15.9 Å². The molecule has 0 saturated carbocycles. The molecule has 1 aliphatic rings. The van der Waals surface area contributed by atoms with E-state index in [0.717, 1.165) is 31.5 Å². The SMILES string of the molecule is CCC(C)(C(N)Cc1ccc(F)c(Br)c1)N1CCCC1. The molecule has 2 unspecified atom stereocenters. The molecule has 1 fully saturated rings. The summed E-state index contributed by atoms with van der Waals surface area (Å²) in [5, 5.41) is 0. The van der Waals surface area contributed by atoms with Gasteiger partial charge in [0.1, 0.15) is 5.82 Å². The number of nitrogens with two attached hydrogens (primary N) is 1. The highest BCUT2D eigenvalue weighted by Gasteiger charge is 2.37. The minimum Gasteiger partial charge on any atom is -0.326 e. The number of benzene rings is 1. The summed E-state index contributed by atoms with van der Waals surface area (Å²) in [6, 6.07) is 5.24. The Hall–Kier alpha value is -0.450. The molecule has 0 radical (unpaired) electrons. The summed E-state index contributed by atoms with van der Waals surface area (Å²) in [4.78, 5) is 2.52. The quantitative estimate of drug-likeness (QED) is 0.883. The molecule has 1 aliphatic heterocycles. The Balaban J connectivity index is 2.12. The molecule has 2 N–H and O–H groups in total. The van der Waals surface area contributed by atoms with Crippen LogP contribution in [0.1, 0.15) is 38.7 Å². The minimum atomic E-state index is -0.222. The van der Waals surface area contributed by atoms with Crippen molar-refractivity contribution in [2.24, 2.45) is 5.73 Å². The van der Waals surface area contributed by atoms with E-state index >= 15 is 0 Å². The fourth-order valence-electron chi connectivity index (χ4n) is 3.09. The van der Waals surface area contributed by atoms with Crippen LogP contribution in [-0.4, -0.2) is 29.6 Å². The Labute approximate surface area is 129 Å². The van der Waals surface area contributed by atoms with Gasteiger partial charge in [0.05, 0.1) is 4.47 Å². The molecule has 2 nitrogen and oxygen atoms in total. The van der Waals surface area contributed by atoms with Crippen LogP contribution in [-0.2, 0) is 6.42 Å². The van der Waals surface area contributed by atoms with E-state index in [9.17, 15) is 4.39 Å². The molecule has 2 atom stereocenters. The third-order valence-electron chi connectivity index (χ3n) is 4.78. The van der Waals surface area contributed by atoms with E-state index in [0.29, 0.717) is 4.47 Å². The molecule has 0 aromatic heterocycles. The summed E-state index contributed by atoms with van der Waals surface area (Å²) in [6.45, 7) is 6.76. The van der Waals surface area contributed by atoms with Gasteiger partial charge in [-0.1, -0.05) is 13.0 Å². The first-order valence-electron chi connectivity index (χ1n) is 7.42. The van der Waals surface area contributed by atoms with Crippen molar-refractivity contribution in [2.75, 3.05) is 13.1 Å². The molecule has 112 valence electrons. The molecule has 0 spiro atoms. The Morgan fingerprint density at radius 2 is 2.05 bits per heavy atom. The van der Waals surface area contributed by atoms with Gasteiger partial charge in [-0.3, -0.25) is 4.90 Å². The fraction of sp³-hybridized carbons (Fsp3) is 0.625. The van der Waals surface area contributed by atoms with Gasteiger partial charge in [0, 0.05) is 11.6 Å². The minimum absolute atomic E-state index is 0.0252. The van der Waals surface area contributed by atoms with Crippen LogP contribution in [0.2, 0.25) is 0 Å². The van der Waals surface area contributed by atoms with Crippen LogP contribution >= 0.6 is 15.9 Å². The standard InChI is InChI=1S/C16H24BrFN2/c1-3-16(2,20-8-4-5-9-20)15(19)11-12-6-7-14(18)13(17)10-12/h6-7,10,15H,3-5,8-9,11,19H2,1-2H3. The molecule has 0 bridgehead atoms. The summed E-state index contributed by atoms with van der Waals surface area (Å²) in [6.07, 6.45) is 4.35. The molecule has 0 aliphatic carbocycles. The Morgan fingerprint density at radius 3 is 2.60 bits per heavy atom. The van der Waals surface area contributed by atoms with E-state index in [-0.39, 0.29) is 17.4 Å². The van der Waals surface area contributed by atoms with Gasteiger partial charge in [0.25, 0.3) is 0 Å². The predicted molar refractivity (Wildman–Crippen MR) is 85.3 cm³/mol. The lowest BCUT2D eigenvalue weighted by molar-refractivity contribution is 0.0998. The molecule has 1 saturated heterocycles. The van der Waals surface area contributed by atoms with Crippen LogP contribution < -0.4 is 5.73 Å². The lowest BCUT2D eigenvalue weighted by Gasteiger charge is -2.43. The number of nitrogens with zero attached hydrogens (tertiary/aromatic N) is 1. The zero-order valence-electron chi connectivity index (χ0n) is 12.3. The van der Waals surface area contributed by atoms with Crippen molar-refractivity contribution in [1.29, 1.82) is 0 Å². The smallest absolute Gasteiger partial charge is 0.137 e. The average molecular weight is 343 g/mol. The van der Waals surface area contributed by atoms with Crippen LogP contribution in [0.15, 0.2) is 22.7 Å². The topological polar surface area (TPSA) is 29.3 Å². The molecule has 0 amide bonds. The summed E-state index contributed by atoms with van der Waals surface area (Å²) in [5.74, 6) is -0.222. The third-order valence-corrected chi connectivity index (χ3v) is 5.39. The summed E-state index contributed by atoms with van der Waals surface area (Å²) < 4.78 is 13.8. The van der Waals surface area contributed by atoms with Gasteiger partial charge in [-0.25, -0.2) is 4.39 Å². The maximum absolute atomic E-state index is 13.3. The van der Waals surface area contributed by atoms with Gasteiger partial charge in [-0.05, 0) is 79.3 Å². The maximum Gasteiger partial charge on any atom is 0.137 e. The van der Waals surface area contributed by atoms with E-state index in [1.54, 1.807) is 0 Å². The van der Waals surface area contributed by atoms with Crippen molar-refractivity contribution in [3.05, 3.63) is 34.1 Å². The lowest BCUT2D eigenvalue weighted by Crippen LogP contribution is -2.57. The fourth-order valence-corrected chi connectivity index (χ4v) is 3.51. The highest BCUT2D eigenvalue weighted by molar-refractivity contribution is 9.10. The van der Waals surface area contributed by atoms with Crippen molar-refractivity contribution in [3.63, 3.8) is 0 Å². The molecule has 1 heterocycles.